The Bertz CT molecular complexity index is 449. The summed E-state index contributed by atoms with van der Waals surface area (Å²) in [5.74, 6) is 0. The molecule has 0 saturated carbocycles. The molecule has 14 heavy (non-hydrogen) atoms. The molecule has 0 bridgehead atoms. The lowest BCUT2D eigenvalue weighted by molar-refractivity contribution is 1.21. The predicted octanol–water partition coefficient (Wildman–Crippen LogP) is 2.98. The van der Waals surface area contributed by atoms with Gasteiger partial charge in [0.05, 0.1) is 5.52 Å². The van der Waals surface area contributed by atoms with Crippen LogP contribution in [0.4, 0.5) is 5.69 Å². The second-order valence-corrected chi connectivity index (χ2v) is 3.41. The molecule has 0 aliphatic rings. The molecule has 2 heteroatoms. The molecule has 72 valence electrons. The Morgan fingerprint density at radius 2 is 2.14 bits per heavy atom. The number of fused-ring (bicyclic) bond motifs is 1. The minimum Gasteiger partial charge on any atom is -0.385 e. The lowest BCUT2D eigenvalue weighted by Gasteiger charge is -2.07. The normalized spacial score (nSPS) is 10.4. The third kappa shape index (κ3) is 1.55. The Morgan fingerprint density at radius 3 is 2.93 bits per heavy atom. The number of anilines is 1. The van der Waals surface area contributed by atoms with Crippen molar-refractivity contribution in [1.29, 1.82) is 0 Å². The number of nitrogens with one attached hydrogen (secondary N) is 1. The summed E-state index contributed by atoms with van der Waals surface area (Å²) in [5.41, 5.74) is 3.49. The minimum atomic E-state index is 0.938. The lowest BCUT2D eigenvalue weighted by Crippen LogP contribution is -1.97. The molecular formula is C12H14N2. The molecular weight excluding hydrogens is 172 g/mol. The highest BCUT2D eigenvalue weighted by Gasteiger charge is 2.00. The zero-order chi connectivity index (χ0) is 9.97. The molecule has 1 N–H and O–H groups in total. The molecule has 2 rings (SSSR count). The van der Waals surface area contributed by atoms with E-state index in [4.69, 9.17) is 0 Å². The van der Waals surface area contributed by atoms with E-state index < -0.39 is 0 Å². The maximum atomic E-state index is 4.33. The van der Waals surface area contributed by atoms with Gasteiger partial charge in [0.1, 0.15) is 0 Å². The van der Waals surface area contributed by atoms with Gasteiger partial charge in [-0.15, -0.1) is 0 Å². The van der Waals surface area contributed by atoms with Gasteiger partial charge in [-0.3, -0.25) is 4.98 Å². The van der Waals surface area contributed by atoms with Crippen LogP contribution < -0.4 is 5.32 Å². The van der Waals surface area contributed by atoms with Gasteiger partial charge in [-0.25, -0.2) is 0 Å². The maximum Gasteiger partial charge on any atom is 0.0722 e. The Hall–Kier alpha value is -1.57. The van der Waals surface area contributed by atoms with Gasteiger partial charge in [-0.2, -0.15) is 0 Å². The lowest BCUT2D eigenvalue weighted by atomic mass is 10.1. The summed E-state index contributed by atoms with van der Waals surface area (Å²) in [4.78, 5) is 4.33. The second-order valence-electron chi connectivity index (χ2n) is 3.41. The fourth-order valence-corrected chi connectivity index (χ4v) is 1.60. The standard InChI is InChI=1S/C12H14N2/c1-3-13-12-6-7-14-11-5-4-9(2)8-10(11)12/h4-8H,3H2,1-2H3,(H,13,14). The van der Waals surface area contributed by atoms with Crippen LogP contribution in [-0.4, -0.2) is 11.5 Å². The van der Waals surface area contributed by atoms with Gasteiger partial charge >= 0.3 is 0 Å². The Labute approximate surface area is 84.0 Å². The van der Waals surface area contributed by atoms with Crippen molar-refractivity contribution >= 4 is 16.6 Å². The SMILES string of the molecule is CCNc1ccnc2ccc(C)cc12. The average Bonchev–Trinajstić information content (AvgIpc) is 2.19. The molecule has 1 heterocycles. The number of hydrogen-bond donors (Lipinski definition) is 1. The van der Waals surface area contributed by atoms with Crippen molar-refractivity contribution in [2.75, 3.05) is 11.9 Å². The summed E-state index contributed by atoms with van der Waals surface area (Å²) in [6, 6.07) is 8.34. The molecule has 2 nitrogen and oxygen atoms in total. The van der Waals surface area contributed by atoms with E-state index in [-0.39, 0.29) is 0 Å². The number of hydrogen-bond acceptors (Lipinski definition) is 2. The van der Waals surface area contributed by atoms with E-state index in [2.05, 4.69) is 42.3 Å². The topological polar surface area (TPSA) is 24.9 Å². The third-order valence-electron chi connectivity index (χ3n) is 2.26. The van der Waals surface area contributed by atoms with Gasteiger partial charge < -0.3 is 5.32 Å². The summed E-state index contributed by atoms with van der Waals surface area (Å²) in [6.07, 6.45) is 1.84. The van der Waals surface area contributed by atoms with Crippen LogP contribution >= 0.6 is 0 Å². The molecule has 0 radical (unpaired) electrons. The van der Waals surface area contributed by atoms with Gasteiger partial charge in [0, 0.05) is 23.8 Å². The van der Waals surface area contributed by atoms with Crippen LogP contribution in [0, 0.1) is 6.92 Å². The molecule has 1 aromatic heterocycles. The fraction of sp³-hybridized carbons (Fsp3) is 0.250. The molecule has 0 aliphatic heterocycles. The van der Waals surface area contributed by atoms with Crippen LogP contribution in [0.15, 0.2) is 30.5 Å². The van der Waals surface area contributed by atoms with Crippen LogP contribution in [0.1, 0.15) is 12.5 Å². The number of nitrogens with zero attached hydrogens (tertiary/aromatic N) is 1. The van der Waals surface area contributed by atoms with Crippen molar-refractivity contribution in [1.82, 2.24) is 4.98 Å². The maximum absolute atomic E-state index is 4.33. The monoisotopic (exact) mass is 186 g/mol. The summed E-state index contributed by atoms with van der Waals surface area (Å²) >= 11 is 0. The van der Waals surface area contributed by atoms with Crippen molar-refractivity contribution in [3.8, 4) is 0 Å². The van der Waals surface area contributed by atoms with E-state index in [1.165, 1.54) is 16.6 Å². The zero-order valence-corrected chi connectivity index (χ0v) is 8.54. The average molecular weight is 186 g/mol. The number of benzene rings is 1. The molecule has 0 unspecified atom stereocenters. The Balaban J connectivity index is 2.64. The first-order chi connectivity index (χ1) is 6.81. The van der Waals surface area contributed by atoms with Crippen molar-refractivity contribution < 1.29 is 0 Å². The molecule has 0 aliphatic carbocycles. The number of rotatable bonds is 2. The quantitative estimate of drug-likeness (QED) is 0.780. The number of aryl methyl sites for hydroxylation is 1. The van der Waals surface area contributed by atoms with E-state index in [1.54, 1.807) is 0 Å². The van der Waals surface area contributed by atoms with Gasteiger partial charge in [-0.1, -0.05) is 11.6 Å². The summed E-state index contributed by atoms with van der Waals surface area (Å²) in [7, 11) is 0. The number of aromatic nitrogens is 1. The van der Waals surface area contributed by atoms with Crippen molar-refractivity contribution in [2.24, 2.45) is 0 Å². The summed E-state index contributed by atoms with van der Waals surface area (Å²) < 4.78 is 0. The Kier molecular flexibility index (Phi) is 2.35. The van der Waals surface area contributed by atoms with Crippen LogP contribution in [0.3, 0.4) is 0 Å². The number of pyridine rings is 1. The first-order valence-corrected chi connectivity index (χ1v) is 4.90. The zero-order valence-electron chi connectivity index (χ0n) is 8.54. The van der Waals surface area contributed by atoms with Gasteiger partial charge in [-0.05, 0) is 32.0 Å². The van der Waals surface area contributed by atoms with Crippen LogP contribution in [0.2, 0.25) is 0 Å². The molecule has 1 aromatic carbocycles. The molecule has 0 amide bonds. The minimum absolute atomic E-state index is 0.938. The van der Waals surface area contributed by atoms with Crippen molar-refractivity contribution in [2.45, 2.75) is 13.8 Å². The molecule has 0 atom stereocenters. The van der Waals surface area contributed by atoms with E-state index in [0.29, 0.717) is 0 Å². The van der Waals surface area contributed by atoms with Crippen LogP contribution in [0.25, 0.3) is 10.9 Å². The van der Waals surface area contributed by atoms with E-state index in [9.17, 15) is 0 Å². The van der Waals surface area contributed by atoms with Crippen molar-refractivity contribution in [3.63, 3.8) is 0 Å². The third-order valence-corrected chi connectivity index (χ3v) is 2.26. The summed E-state index contributed by atoms with van der Waals surface area (Å²) in [5, 5.41) is 4.54. The van der Waals surface area contributed by atoms with E-state index in [0.717, 1.165) is 12.1 Å². The molecule has 0 spiro atoms. The molecule has 0 fully saturated rings. The van der Waals surface area contributed by atoms with Gasteiger partial charge in [0.15, 0.2) is 0 Å². The first kappa shape index (κ1) is 9.00. The predicted molar refractivity (Wildman–Crippen MR) is 60.6 cm³/mol. The largest absolute Gasteiger partial charge is 0.385 e. The van der Waals surface area contributed by atoms with E-state index >= 15 is 0 Å². The van der Waals surface area contributed by atoms with Crippen LogP contribution in [-0.2, 0) is 0 Å². The highest BCUT2D eigenvalue weighted by Crippen LogP contribution is 2.22. The van der Waals surface area contributed by atoms with Gasteiger partial charge in [0.25, 0.3) is 0 Å². The van der Waals surface area contributed by atoms with Crippen molar-refractivity contribution in [3.05, 3.63) is 36.0 Å². The summed E-state index contributed by atoms with van der Waals surface area (Å²) in [6.45, 7) is 5.14. The highest BCUT2D eigenvalue weighted by atomic mass is 14.9. The van der Waals surface area contributed by atoms with Crippen LogP contribution in [0.5, 0.6) is 0 Å². The second kappa shape index (κ2) is 3.66. The first-order valence-electron chi connectivity index (χ1n) is 4.90. The smallest absolute Gasteiger partial charge is 0.0722 e. The highest BCUT2D eigenvalue weighted by molar-refractivity contribution is 5.91. The Morgan fingerprint density at radius 1 is 1.29 bits per heavy atom. The fourth-order valence-electron chi connectivity index (χ4n) is 1.60. The van der Waals surface area contributed by atoms with Gasteiger partial charge in [0.2, 0.25) is 0 Å². The molecule has 2 aromatic rings. The molecule has 0 saturated heterocycles. The van der Waals surface area contributed by atoms with E-state index in [1.807, 2.05) is 12.3 Å².